The molecule has 1 saturated carbocycles. The van der Waals surface area contributed by atoms with Crippen molar-refractivity contribution < 1.29 is 9.59 Å². The highest BCUT2D eigenvalue weighted by Crippen LogP contribution is 2.27. The molecule has 1 aliphatic heterocycles. The van der Waals surface area contributed by atoms with Gasteiger partial charge in [-0.25, -0.2) is 0 Å². The van der Waals surface area contributed by atoms with Crippen molar-refractivity contribution in [2.24, 2.45) is 11.8 Å². The second-order valence-electron chi connectivity index (χ2n) is 8.36. The lowest BCUT2D eigenvalue weighted by Gasteiger charge is -2.36. The molecule has 4 nitrogen and oxygen atoms in total. The molecule has 28 heavy (non-hydrogen) atoms. The van der Waals surface area contributed by atoms with E-state index in [0.29, 0.717) is 18.4 Å². The molecular weight excluding hydrogens is 348 g/mol. The van der Waals surface area contributed by atoms with Crippen LogP contribution in [-0.2, 0) is 4.79 Å². The summed E-state index contributed by atoms with van der Waals surface area (Å²) in [5.74, 6) is 0.912. The van der Waals surface area contributed by atoms with Gasteiger partial charge in [0, 0.05) is 31.1 Å². The molecule has 0 radical (unpaired) electrons. The van der Waals surface area contributed by atoms with Gasteiger partial charge in [-0.1, -0.05) is 55.7 Å². The SMILES string of the molecule is O=C(NCC1CCCN(C(=O)C2CCCCC2)C1)c1cccc2ccccc12. The van der Waals surface area contributed by atoms with E-state index in [-0.39, 0.29) is 11.8 Å². The number of carbonyl (C=O) groups excluding carboxylic acids is 2. The summed E-state index contributed by atoms with van der Waals surface area (Å²) in [6, 6.07) is 13.8. The Morgan fingerprint density at radius 2 is 1.71 bits per heavy atom. The molecule has 1 atom stereocenters. The first-order valence-electron chi connectivity index (χ1n) is 10.8. The third-order valence-electron chi connectivity index (χ3n) is 6.37. The van der Waals surface area contributed by atoms with Gasteiger partial charge in [-0.3, -0.25) is 9.59 Å². The number of piperidine rings is 1. The third-order valence-corrected chi connectivity index (χ3v) is 6.37. The van der Waals surface area contributed by atoms with Crippen LogP contribution in [0.15, 0.2) is 42.5 Å². The molecule has 1 heterocycles. The third kappa shape index (κ3) is 4.21. The largest absolute Gasteiger partial charge is 0.352 e. The average molecular weight is 379 g/mol. The van der Waals surface area contributed by atoms with Crippen LogP contribution in [0.3, 0.4) is 0 Å². The van der Waals surface area contributed by atoms with Crippen molar-refractivity contribution in [2.75, 3.05) is 19.6 Å². The second kappa shape index (κ2) is 8.76. The Bertz CT molecular complexity index is 836. The number of likely N-dealkylation sites (tertiary alicyclic amines) is 1. The molecule has 1 N–H and O–H groups in total. The number of carbonyl (C=O) groups is 2. The van der Waals surface area contributed by atoms with E-state index in [1.807, 2.05) is 42.5 Å². The first-order chi connectivity index (χ1) is 13.7. The molecule has 148 valence electrons. The van der Waals surface area contributed by atoms with Crippen LogP contribution < -0.4 is 5.32 Å². The molecule has 2 aliphatic rings. The second-order valence-corrected chi connectivity index (χ2v) is 8.36. The van der Waals surface area contributed by atoms with E-state index in [1.165, 1.54) is 19.3 Å². The Kier molecular flexibility index (Phi) is 5.94. The van der Waals surface area contributed by atoms with Crippen molar-refractivity contribution in [1.82, 2.24) is 10.2 Å². The van der Waals surface area contributed by atoms with E-state index in [2.05, 4.69) is 10.2 Å². The first kappa shape index (κ1) is 19.0. The highest BCUT2D eigenvalue weighted by Gasteiger charge is 2.29. The zero-order valence-corrected chi connectivity index (χ0v) is 16.5. The fourth-order valence-electron chi connectivity index (χ4n) is 4.80. The monoisotopic (exact) mass is 378 g/mol. The van der Waals surface area contributed by atoms with Crippen LogP contribution in [0.4, 0.5) is 0 Å². The predicted octanol–water partition coefficient (Wildman–Crippen LogP) is 4.39. The Morgan fingerprint density at radius 1 is 0.929 bits per heavy atom. The minimum absolute atomic E-state index is 0.0208. The van der Waals surface area contributed by atoms with Crippen LogP contribution >= 0.6 is 0 Å². The summed E-state index contributed by atoms with van der Waals surface area (Å²) < 4.78 is 0. The van der Waals surface area contributed by atoms with Gasteiger partial charge in [0.2, 0.25) is 5.91 Å². The van der Waals surface area contributed by atoms with Crippen LogP contribution in [-0.4, -0.2) is 36.3 Å². The van der Waals surface area contributed by atoms with Gasteiger partial charge >= 0.3 is 0 Å². The molecule has 2 amide bonds. The van der Waals surface area contributed by atoms with Crippen LogP contribution in [0.25, 0.3) is 10.8 Å². The van der Waals surface area contributed by atoms with Gasteiger partial charge in [0.25, 0.3) is 5.91 Å². The van der Waals surface area contributed by atoms with E-state index in [0.717, 1.165) is 55.1 Å². The topological polar surface area (TPSA) is 49.4 Å². The zero-order chi connectivity index (χ0) is 19.3. The lowest BCUT2D eigenvalue weighted by Crippen LogP contribution is -2.46. The summed E-state index contributed by atoms with van der Waals surface area (Å²) in [7, 11) is 0. The maximum Gasteiger partial charge on any atom is 0.251 e. The normalized spacial score (nSPS) is 20.9. The van der Waals surface area contributed by atoms with Crippen LogP contribution in [0, 0.1) is 11.8 Å². The van der Waals surface area contributed by atoms with Crippen LogP contribution in [0.5, 0.6) is 0 Å². The van der Waals surface area contributed by atoms with Crippen LogP contribution in [0.2, 0.25) is 0 Å². The molecular formula is C24H30N2O2. The first-order valence-corrected chi connectivity index (χ1v) is 10.8. The maximum atomic E-state index is 12.8. The molecule has 2 aromatic carbocycles. The van der Waals surface area contributed by atoms with Gasteiger partial charge in [-0.2, -0.15) is 0 Å². The highest BCUT2D eigenvalue weighted by molar-refractivity contribution is 6.07. The molecule has 4 heteroatoms. The summed E-state index contributed by atoms with van der Waals surface area (Å²) in [4.78, 5) is 27.7. The molecule has 0 spiro atoms. The minimum Gasteiger partial charge on any atom is -0.352 e. The number of fused-ring (bicyclic) bond motifs is 1. The lowest BCUT2D eigenvalue weighted by molar-refractivity contribution is -0.138. The van der Waals surface area contributed by atoms with Crippen molar-refractivity contribution in [3.63, 3.8) is 0 Å². The van der Waals surface area contributed by atoms with E-state index in [9.17, 15) is 9.59 Å². The minimum atomic E-state index is -0.0208. The Hall–Kier alpha value is -2.36. The quantitative estimate of drug-likeness (QED) is 0.858. The molecule has 1 saturated heterocycles. The average Bonchev–Trinajstić information content (AvgIpc) is 2.77. The van der Waals surface area contributed by atoms with Crippen molar-refractivity contribution in [2.45, 2.75) is 44.9 Å². The summed E-state index contributed by atoms with van der Waals surface area (Å²) in [6.45, 7) is 2.30. The molecule has 0 bridgehead atoms. The Balaban J connectivity index is 1.35. The fourth-order valence-corrected chi connectivity index (χ4v) is 4.80. The Morgan fingerprint density at radius 3 is 2.57 bits per heavy atom. The smallest absolute Gasteiger partial charge is 0.251 e. The molecule has 2 aromatic rings. The van der Waals surface area contributed by atoms with Crippen LogP contribution in [0.1, 0.15) is 55.3 Å². The maximum absolute atomic E-state index is 12.8. The number of rotatable bonds is 4. The molecule has 0 aromatic heterocycles. The number of amides is 2. The number of nitrogens with zero attached hydrogens (tertiary/aromatic N) is 1. The molecule has 1 unspecified atom stereocenters. The standard InChI is InChI=1S/C24H30N2O2/c27-23(22-14-6-12-19-9-4-5-13-21(19)22)25-16-18-8-7-15-26(17-18)24(28)20-10-2-1-3-11-20/h4-6,9,12-14,18,20H,1-3,7-8,10-11,15-17H2,(H,25,27). The van der Waals surface area contributed by atoms with Gasteiger partial charge in [-0.05, 0) is 48.4 Å². The molecule has 1 aliphatic carbocycles. The number of hydrogen-bond donors (Lipinski definition) is 1. The van der Waals surface area contributed by atoms with Gasteiger partial charge in [0.15, 0.2) is 0 Å². The molecule has 2 fully saturated rings. The van der Waals surface area contributed by atoms with E-state index in [1.54, 1.807) is 0 Å². The summed E-state index contributed by atoms with van der Waals surface area (Å²) >= 11 is 0. The fraction of sp³-hybridized carbons (Fsp3) is 0.500. The van der Waals surface area contributed by atoms with E-state index >= 15 is 0 Å². The number of hydrogen-bond acceptors (Lipinski definition) is 2. The van der Waals surface area contributed by atoms with Gasteiger partial charge in [-0.15, -0.1) is 0 Å². The number of benzene rings is 2. The lowest BCUT2D eigenvalue weighted by atomic mass is 9.87. The van der Waals surface area contributed by atoms with E-state index in [4.69, 9.17) is 0 Å². The predicted molar refractivity (Wildman–Crippen MR) is 112 cm³/mol. The summed E-state index contributed by atoms with van der Waals surface area (Å²) in [5.41, 5.74) is 0.726. The number of nitrogens with one attached hydrogen (secondary N) is 1. The van der Waals surface area contributed by atoms with Crippen molar-refractivity contribution in [3.8, 4) is 0 Å². The highest BCUT2D eigenvalue weighted by atomic mass is 16.2. The summed E-state index contributed by atoms with van der Waals surface area (Å²) in [6.07, 6.45) is 7.86. The van der Waals surface area contributed by atoms with Gasteiger partial charge in [0.05, 0.1) is 0 Å². The molecule has 4 rings (SSSR count). The van der Waals surface area contributed by atoms with E-state index < -0.39 is 0 Å². The van der Waals surface area contributed by atoms with Crippen molar-refractivity contribution >= 4 is 22.6 Å². The van der Waals surface area contributed by atoms with Gasteiger partial charge in [0.1, 0.15) is 0 Å². The summed E-state index contributed by atoms with van der Waals surface area (Å²) in [5, 5.41) is 5.19. The Labute approximate surface area is 167 Å². The van der Waals surface area contributed by atoms with Gasteiger partial charge < -0.3 is 10.2 Å². The van der Waals surface area contributed by atoms with Crippen molar-refractivity contribution in [3.05, 3.63) is 48.0 Å². The van der Waals surface area contributed by atoms with Crippen molar-refractivity contribution in [1.29, 1.82) is 0 Å². The zero-order valence-electron chi connectivity index (χ0n) is 16.5.